The van der Waals surface area contributed by atoms with Gasteiger partial charge in [0.15, 0.2) is 30.7 Å². The summed E-state index contributed by atoms with van der Waals surface area (Å²) in [5.74, 6) is -3.58. The Morgan fingerprint density at radius 2 is 1.66 bits per heavy atom. The maximum atomic E-state index is 12.6. The molecule has 0 radical (unpaired) electrons. The van der Waals surface area contributed by atoms with Gasteiger partial charge in [-0.3, -0.25) is 28.7 Å². The number of hydrogen-bond donors (Lipinski definition) is 1. The minimum absolute atomic E-state index is 0.0256. The molecule has 2 aliphatic rings. The number of aromatic nitrogens is 2. The summed E-state index contributed by atoms with van der Waals surface area (Å²) in [6.07, 6.45) is -8.58. The van der Waals surface area contributed by atoms with Gasteiger partial charge in [-0.1, -0.05) is 5.11 Å². The third-order valence-electron chi connectivity index (χ3n) is 6.12. The summed E-state index contributed by atoms with van der Waals surface area (Å²) >= 11 is 0. The summed E-state index contributed by atoms with van der Waals surface area (Å²) in [7, 11) is 1.04. The third-order valence-corrected chi connectivity index (χ3v) is 6.12. The Labute approximate surface area is 231 Å². The number of azide groups is 1. The smallest absolute Gasteiger partial charge is 0.339 e. The lowest BCUT2D eigenvalue weighted by Crippen LogP contribution is -2.64. The highest BCUT2D eigenvalue weighted by atomic mass is 16.7. The van der Waals surface area contributed by atoms with Gasteiger partial charge in [0, 0.05) is 43.9 Å². The van der Waals surface area contributed by atoms with Crippen molar-refractivity contribution in [1.82, 2.24) is 9.55 Å². The lowest BCUT2D eigenvalue weighted by molar-refractivity contribution is -0.305. The van der Waals surface area contributed by atoms with Gasteiger partial charge in [-0.05, 0) is 12.5 Å². The largest absolute Gasteiger partial charge is 0.467 e. The third kappa shape index (κ3) is 7.49. The van der Waals surface area contributed by atoms with E-state index in [2.05, 4.69) is 15.0 Å². The molecule has 3 rings (SSSR count). The first-order chi connectivity index (χ1) is 19.4. The fourth-order valence-electron chi connectivity index (χ4n) is 4.43. The van der Waals surface area contributed by atoms with E-state index in [1.54, 1.807) is 0 Å². The normalized spacial score (nSPS) is 29.1. The molecule has 18 nitrogen and oxygen atoms in total. The number of hydrogen-bond acceptors (Lipinski definition) is 14. The lowest BCUT2D eigenvalue weighted by Gasteiger charge is -2.43. The van der Waals surface area contributed by atoms with Crippen LogP contribution in [0.1, 0.15) is 39.0 Å². The van der Waals surface area contributed by atoms with Crippen LogP contribution in [0.15, 0.2) is 20.9 Å². The molecule has 8 atom stereocenters. The summed E-state index contributed by atoms with van der Waals surface area (Å²) in [6, 6.07) is -0.866. The molecular weight excluding hydrogens is 554 g/mol. The monoisotopic (exact) mass is 583 g/mol. The van der Waals surface area contributed by atoms with Gasteiger partial charge in [0.2, 0.25) is 0 Å². The second-order valence-corrected chi connectivity index (χ2v) is 9.12. The molecule has 41 heavy (non-hydrogen) atoms. The van der Waals surface area contributed by atoms with E-state index in [4.69, 9.17) is 38.7 Å². The van der Waals surface area contributed by atoms with E-state index in [9.17, 15) is 28.8 Å². The number of aromatic amines is 1. The Morgan fingerprint density at radius 1 is 1.05 bits per heavy atom. The summed E-state index contributed by atoms with van der Waals surface area (Å²) in [6.45, 7) is 4.23. The number of carbonyl (C=O) groups excluding carboxylic acids is 4. The van der Waals surface area contributed by atoms with Crippen LogP contribution in [0.2, 0.25) is 0 Å². The Bertz CT molecular complexity index is 1340. The number of ether oxygens (including phenoxy) is 7. The molecule has 2 aliphatic heterocycles. The lowest BCUT2D eigenvalue weighted by atomic mass is 9.97. The van der Waals surface area contributed by atoms with Crippen molar-refractivity contribution in [3.63, 3.8) is 0 Å². The summed E-state index contributed by atoms with van der Waals surface area (Å²) in [5.41, 5.74) is 7.97. The van der Waals surface area contributed by atoms with Crippen LogP contribution in [0.4, 0.5) is 0 Å². The quantitative estimate of drug-likeness (QED) is 0.127. The van der Waals surface area contributed by atoms with Crippen molar-refractivity contribution < 1.29 is 52.3 Å². The number of nitrogens with one attached hydrogen (secondary N) is 1. The van der Waals surface area contributed by atoms with Crippen LogP contribution in [0.5, 0.6) is 0 Å². The molecule has 2 saturated heterocycles. The van der Waals surface area contributed by atoms with Crippen LogP contribution >= 0.6 is 0 Å². The van der Waals surface area contributed by atoms with E-state index < -0.39 is 90.8 Å². The Balaban J connectivity index is 1.91. The predicted octanol–water partition coefficient (Wildman–Crippen LogP) is -0.479. The highest BCUT2D eigenvalue weighted by molar-refractivity contribution is 5.77. The molecule has 3 heterocycles. The van der Waals surface area contributed by atoms with Crippen molar-refractivity contribution in [3.05, 3.63) is 43.0 Å². The standard InChI is InChI=1S/C23H29N5O13/c1-9-7-28(23(34)25-20(9)32)15-6-13(26-27-24)14(40-15)8-36-22-19(39-12(4)31)17(38-11(3)30)16(37-10(2)29)18(41-22)21(33)35-5/h7,13-19,22H,6,8H2,1-5H3,(H,25,32,34)/t13-,14-,15-,16+,17-,18?,19?,22-/m1/s1. The number of esters is 4. The molecule has 18 heteroatoms. The maximum Gasteiger partial charge on any atom is 0.339 e. The molecule has 1 aromatic rings. The van der Waals surface area contributed by atoms with Crippen LogP contribution in [0.25, 0.3) is 10.4 Å². The summed E-state index contributed by atoms with van der Waals surface area (Å²) in [5, 5.41) is 3.70. The number of H-pyrrole nitrogens is 1. The topological polar surface area (TPSA) is 237 Å². The van der Waals surface area contributed by atoms with Crippen molar-refractivity contribution in [3.8, 4) is 0 Å². The first kappa shape index (κ1) is 31.3. The molecule has 1 aromatic heterocycles. The second-order valence-electron chi connectivity index (χ2n) is 9.12. The average Bonchev–Trinajstić information content (AvgIpc) is 3.28. The van der Waals surface area contributed by atoms with Crippen LogP contribution < -0.4 is 11.2 Å². The van der Waals surface area contributed by atoms with Crippen molar-refractivity contribution in [2.75, 3.05) is 13.7 Å². The van der Waals surface area contributed by atoms with E-state index in [1.165, 1.54) is 13.1 Å². The molecule has 1 N–H and O–H groups in total. The van der Waals surface area contributed by atoms with Gasteiger partial charge in [-0.2, -0.15) is 0 Å². The van der Waals surface area contributed by atoms with Crippen molar-refractivity contribution >= 4 is 23.9 Å². The number of carbonyl (C=O) groups is 4. The minimum Gasteiger partial charge on any atom is -0.467 e. The van der Waals surface area contributed by atoms with E-state index in [-0.39, 0.29) is 12.0 Å². The van der Waals surface area contributed by atoms with Gasteiger partial charge in [-0.15, -0.1) is 0 Å². The number of nitrogens with zero attached hydrogens (tertiary/aromatic N) is 4. The summed E-state index contributed by atoms with van der Waals surface area (Å²) in [4.78, 5) is 77.4. The van der Waals surface area contributed by atoms with Gasteiger partial charge in [-0.25, -0.2) is 9.59 Å². The highest BCUT2D eigenvalue weighted by Gasteiger charge is 2.55. The zero-order valence-corrected chi connectivity index (χ0v) is 22.7. The molecule has 2 fully saturated rings. The van der Waals surface area contributed by atoms with Crippen LogP contribution in [-0.2, 0) is 52.3 Å². The molecule has 224 valence electrons. The van der Waals surface area contributed by atoms with Crippen molar-refractivity contribution in [1.29, 1.82) is 0 Å². The average molecular weight is 584 g/mol. The van der Waals surface area contributed by atoms with Gasteiger partial charge >= 0.3 is 29.6 Å². The van der Waals surface area contributed by atoms with Crippen molar-refractivity contribution in [2.45, 2.75) is 83.2 Å². The van der Waals surface area contributed by atoms with Crippen LogP contribution in [0, 0.1) is 6.92 Å². The Hall–Kier alpha value is -4.25. The zero-order valence-electron chi connectivity index (χ0n) is 22.7. The van der Waals surface area contributed by atoms with E-state index in [1.807, 2.05) is 0 Å². The molecule has 0 saturated carbocycles. The maximum absolute atomic E-state index is 12.6. The highest BCUT2D eigenvalue weighted by Crippen LogP contribution is 2.33. The molecule has 0 spiro atoms. The molecular formula is C23H29N5O13. The molecule has 0 amide bonds. The minimum atomic E-state index is -1.67. The Morgan fingerprint density at radius 3 is 2.24 bits per heavy atom. The number of aryl methyl sites for hydroxylation is 1. The van der Waals surface area contributed by atoms with Crippen LogP contribution in [-0.4, -0.2) is 90.0 Å². The van der Waals surface area contributed by atoms with Gasteiger partial charge in [0.1, 0.15) is 6.23 Å². The second kappa shape index (κ2) is 13.4. The first-order valence-corrected chi connectivity index (χ1v) is 12.2. The van der Waals surface area contributed by atoms with Crippen LogP contribution in [0.3, 0.4) is 0 Å². The fourth-order valence-corrected chi connectivity index (χ4v) is 4.43. The zero-order chi connectivity index (χ0) is 30.4. The summed E-state index contributed by atoms with van der Waals surface area (Å²) < 4.78 is 39.1. The van der Waals surface area contributed by atoms with E-state index in [0.29, 0.717) is 0 Å². The Kier molecular flexibility index (Phi) is 10.2. The number of rotatable bonds is 9. The molecule has 2 unspecified atom stereocenters. The number of methoxy groups -OCH3 is 1. The van der Waals surface area contributed by atoms with Gasteiger partial charge in [0.05, 0.1) is 25.9 Å². The van der Waals surface area contributed by atoms with Gasteiger partial charge < -0.3 is 33.2 Å². The van der Waals surface area contributed by atoms with Gasteiger partial charge in [0.25, 0.3) is 5.56 Å². The molecule has 0 bridgehead atoms. The van der Waals surface area contributed by atoms with E-state index >= 15 is 0 Å². The molecule has 0 aliphatic carbocycles. The van der Waals surface area contributed by atoms with E-state index in [0.717, 1.165) is 32.4 Å². The van der Waals surface area contributed by atoms with Crippen molar-refractivity contribution in [2.24, 2.45) is 5.11 Å². The first-order valence-electron chi connectivity index (χ1n) is 12.2. The molecule has 0 aromatic carbocycles. The fraction of sp³-hybridized carbons (Fsp3) is 0.652. The predicted molar refractivity (Wildman–Crippen MR) is 131 cm³/mol. The SMILES string of the molecule is COC(=O)C1O[C@@H](OC[C@H]2O[C@@H](n3cc(C)c(=O)[nH]c3=O)C[C@H]2N=[N+]=[N-])C(OC(C)=O)[C@H](OC(C)=O)[C@@H]1OC(C)=O.